The highest BCUT2D eigenvalue weighted by Gasteiger charge is 2.42. The van der Waals surface area contributed by atoms with Crippen LogP contribution in [0.25, 0.3) is 0 Å². The van der Waals surface area contributed by atoms with Crippen molar-refractivity contribution >= 4 is 45.0 Å². The third-order valence-electron chi connectivity index (χ3n) is 4.91. The maximum absolute atomic E-state index is 13.2. The second kappa shape index (κ2) is 9.60. The lowest BCUT2D eigenvalue weighted by Gasteiger charge is -2.31. The maximum Gasteiger partial charge on any atom is 0.336 e. The Balaban J connectivity index is 2.09. The molecule has 0 fully saturated rings. The van der Waals surface area contributed by atoms with Crippen molar-refractivity contribution in [2.45, 2.75) is 19.8 Å². The van der Waals surface area contributed by atoms with E-state index in [1.54, 1.807) is 25.1 Å². The lowest BCUT2D eigenvalue weighted by molar-refractivity contribution is -0.148. The van der Waals surface area contributed by atoms with E-state index in [1.807, 2.05) is 0 Å². The summed E-state index contributed by atoms with van der Waals surface area (Å²) in [5.74, 6) is -2.36. The number of hydrogen-bond donors (Lipinski definition) is 2. The molecule has 0 saturated carbocycles. The molecule has 2 aliphatic heterocycles. The third-order valence-corrected chi connectivity index (χ3v) is 7.64. The highest BCUT2D eigenvalue weighted by molar-refractivity contribution is 7.95. The summed E-state index contributed by atoms with van der Waals surface area (Å²) in [6.07, 6.45) is 0. The highest BCUT2D eigenvalue weighted by atomic mass is 35.5. The van der Waals surface area contributed by atoms with Gasteiger partial charge in [0.2, 0.25) is 0 Å². The van der Waals surface area contributed by atoms with Crippen LogP contribution in [0, 0.1) is 0 Å². The number of ether oxygens (including phenoxy) is 2. The molecule has 1 unspecified atom stereocenters. The fourth-order valence-electron chi connectivity index (χ4n) is 3.61. The lowest BCUT2D eigenvalue weighted by Crippen LogP contribution is -2.34. The Morgan fingerprint density at radius 3 is 2.61 bits per heavy atom. The second-order valence-electron chi connectivity index (χ2n) is 7.05. The van der Waals surface area contributed by atoms with Crippen LogP contribution in [0.3, 0.4) is 0 Å². The molecule has 8 nitrogen and oxygen atoms in total. The first-order chi connectivity index (χ1) is 14.6. The summed E-state index contributed by atoms with van der Waals surface area (Å²) >= 11 is 12.7. The van der Waals surface area contributed by atoms with E-state index in [1.165, 1.54) is 6.92 Å². The number of hydrogen-bond acceptors (Lipinski definition) is 8. The zero-order valence-electron chi connectivity index (χ0n) is 17.0. The summed E-state index contributed by atoms with van der Waals surface area (Å²) in [4.78, 5) is 24.0. The first kappa shape index (κ1) is 23.6. The molecule has 0 spiro atoms. The molecular formula is C20H22Cl2N2O6S. The molecule has 0 aliphatic carbocycles. The van der Waals surface area contributed by atoms with Crippen LogP contribution >= 0.6 is 23.2 Å². The molecule has 1 atom stereocenters. The molecule has 3 rings (SSSR count). The van der Waals surface area contributed by atoms with Gasteiger partial charge in [-0.3, -0.25) is 4.79 Å². The molecule has 1 aromatic carbocycles. The Morgan fingerprint density at radius 1 is 1.19 bits per heavy atom. The number of esters is 2. The summed E-state index contributed by atoms with van der Waals surface area (Å²) in [6, 6.07) is 4.87. The fraction of sp³-hybridized carbons (Fsp3) is 0.400. The quantitative estimate of drug-likeness (QED) is 0.479. The predicted molar refractivity (Wildman–Crippen MR) is 116 cm³/mol. The number of nitrogens with one attached hydrogen (secondary N) is 2. The topological polar surface area (TPSA) is 111 Å². The SMILES string of the molecule is CC(=O)OCCOC(=O)C1=C(C)NC2=C(C1c1cccc(Cl)c1Cl)S(=O)(=O)CCNC2. The summed E-state index contributed by atoms with van der Waals surface area (Å²) in [5, 5.41) is 6.51. The van der Waals surface area contributed by atoms with Gasteiger partial charge in [0.25, 0.3) is 0 Å². The van der Waals surface area contributed by atoms with E-state index < -0.39 is 27.7 Å². The van der Waals surface area contributed by atoms with Gasteiger partial charge in [-0.05, 0) is 18.6 Å². The van der Waals surface area contributed by atoms with E-state index in [0.717, 1.165) is 0 Å². The Hall–Kier alpha value is -2.07. The van der Waals surface area contributed by atoms with E-state index in [0.29, 0.717) is 17.0 Å². The smallest absolute Gasteiger partial charge is 0.336 e. The first-order valence-electron chi connectivity index (χ1n) is 9.52. The molecule has 0 bridgehead atoms. The molecule has 2 aliphatic rings. The average Bonchev–Trinajstić information content (AvgIpc) is 2.84. The lowest BCUT2D eigenvalue weighted by atomic mass is 9.86. The van der Waals surface area contributed by atoms with Gasteiger partial charge >= 0.3 is 11.9 Å². The van der Waals surface area contributed by atoms with Crippen LogP contribution in [-0.2, 0) is 28.9 Å². The van der Waals surface area contributed by atoms with Crippen molar-refractivity contribution < 1.29 is 27.5 Å². The van der Waals surface area contributed by atoms with Crippen LogP contribution < -0.4 is 10.6 Å². The molecule has 11 heteroatoms. The molecule has 0 aromatic heterocycles. The monoisotopic (exact) mass is 488 g/mol. The predicted octanol–water partition coefficient (Wildman–Crippen LogP) is 2.29. The molecule has 0 saturated heterocycles. The van der Waals surface area contributed by atoms with Crippen LogP contribution in [0.15, 0.2) is 40.1 Å². The van der Waals surface area contributed by atoms with E-state index in [-0.39, 0.29) is 52.6 Å². The number of carbonyl (C=O) groups is 2. The van der Waals surface area contributed by atoms with Crippen LogP contribution in [0.1, 0.15) is 25.3 Å². The van der Waals surface area contributed by atoms with Gasteiger partial charge in [0.1, 0.15) is 13.2 Å². The third kappa shape index (κ3) is 5.06. The number of halogens is 2. The summed E-state index contributed by atoms with van der Waals surface area (Å²) < 4.78 is 36.4. The minimum atomic E-state index is -3.73. The van der Waals surface area contributed by atoms with Gasteiger partial charge in [-0.15, -0.1) is 0 Å². The Kier molecular flexibility index (Phi) is 7.31. The summed E-state index contributed by atoms with van der Waals surface area (Å²) in [7, 11) is -3.73. The van der Waals surface area contributed by atoms with Crippen LogP contribution in [0.5, 0.6) is 0 Å². The largest absolute Gasteiger partial charge is 0.462 e. The molecule has 31 heavy (non-hydrogen) atoms. The van der Waals surface area contributed by atoms with Crippen molar-refractivity contribution in [1.29, 1.82) is 0 Å². The Labute approximate surface area is 190 Å². The number of carbonyl (C=O) groups excluding carboxylic acids is 2. The van der Waals surface area contributed by atoms with Gasteiger partial charge in [0, 0.05) is 31.4 Å². The van der Waals surface area contributed by atoms with Crippen LogP contribution in [-0.4, -0.2) is 52.4 Å². The van der Waals surface area contributed by atoms with Crippen molar-refractivity contribution in [3.63, 3.8) is 0 Å². The highest BCUT2D eigenvalue weighted by Crippen LogP contribution is 2.45. The molecule has 168 valence electrons. The minimum Gasteiger partial charge on any atom is -0.462 e. The van der Waals surface area contributed by atoms with Crippen molar-refractivity contribution in [2.24, 2.45) is 0 Å². The normalized spacial score (nSPS) is 20.5. The molecule has 2 N–H and O–H groups in total. The molecule has 0 amide bonds. The van der Waals surface area contributed by atoms with E-state index in [4.69, 9.17) is 32.7 Å². The van der Waals surface area contributed by atoms with Crippen molar-refractivity contribution in [2.75, 3.05) is 32.1 Å². The zero-order valence-corrected chi connectivity index (χ0v) is 19.3. The van der Waals surface area contributed by atoms with Gasteiger partial charge in [0.15, 0.2) is 9.84 Å². The maximum atomic E-state index is 13.2. The molecule has 0 radical (unpaired) electrons. The zero-order chi connectivity index (χ0) is 22.8. The molecule has 1 aromatic rings. The number of allylic oxidation sites excluding steroid dienone is 2. The van der Waals surface area contributed by atoms with Gasteiger partial charge in [-0.25, -0.2) is 13.2 Å². The van der Waals surface area contributed by atoms with E-state index >= 15 is 0 Å². The van der Waals surface area contributed by atoms with Gasteiger partial charge < -0.3 is 20.1 Å². The van der Waals surface area contributed by atoms with Crippen molar-refractivity contribution in [1.82, 2.24) is 10.6 Å². The van der Waals surface area contributed by atoms with E-state index in [2.05, 4.69) is 10.6 Å². The molecular weight excluding hydrogens is 467 g/mol. The van der Waals surface area contributed by atoms with Gasteiger partial charge in [0.05, 0.1) is 32.2 Å². The number of dihydropyridines is 1. The summed E-state index contributed by atoms with van der Waals surface area (Å²) in [5.41, 5.74) is 1.39. The number of sulfone groups is 1. The minimum absolute atomic E-state index is 0.0687. The first-order valence-corrected chi connectivity index (χ1v) is 11.9. The van der Waals surface area contributed by atoms with E-state index in [9.17, 15) is 18.0 Å². The van der Waals surface area contributed by atoms with Crippen LogP contribution in [0.4, 0.5) is 0 Å². The van der Waals surface area contributed by atoms with Crippen LogP contribution in [0.2, 0.25) is 10.0 Å². The second-order valence-corrected chi connectivity index (χ2v) is 9.92. The number of benzene rings is 1. The van der Waals surface area contributed by atoms with Gasteiger partial charge in [-0.1, -0.05) is 35.3 Å². The van der Waals surface area contributed by atoms with Gasteiger partial charge in [-0.2, -0.15) is 0 Å². The number of rotatable bonds is 5. The van der Waals surface area contributed by atoms with Crippen molar-refractivity contribution in [3.05, 3.63) is 55.7 Å². The fourth-order valence-corrected chi connectivity index (χ4v) is 5.77. The van der Waals surface area contributed by atoms with Crippen molar-refractivity contribution in [3.8, 4) is 0 Å². The molecule has 2 heterocycles. The Bertz CT molecular complexity index is 1080. The standard InChI is InChI=1S/C20H22Cl2N2O6S/c1-11-16(20(26)30-8-7-29-12(2)25)17(13-4-3-5-14(21)18(13)22)19-15(24-11)10-23-6-9-31(19,27)28/h3-5,17,23-24H,6-10H2,1-2H3. The average molecular weight is 489 g/mol. The Morgan fingerprint density at radius 2 is 1.90 bits per heavy atom. The summed E-state index contributed by atoms with van der Waals surface area (Å²) in [6.45, 7) is 3.18.